The Labute approximate surface area is 87.4 Å². The Morgan fingerprint density at radius 3 is 2.40 bits per heavy atom. The molecular formula is C10H7N5. The maximum Gasteiger partial charge on any atom is 0.131 e. The molecule has 0 aliphatic rings. The molecule has 0 aromatic carbocycles. The van der Waals surface area contributed by atoms with Gasteiger partial charge in [-0.3, -0.25) is 0 Å². The highest BCUT2D eigenvalue weighted by atomic mass is 15.2. The summed E-state index contributed by atoms with van der Waals surface area (Å²) in [5.74, 6) is 0.470. The van der Waals surface area contributed by atoms with E-state index < -0.39 is 0 Å². The molecule has 0 saturated heterocycles. The number of anilines is 1. The van der Waals surface area contributed by atoms with E-state index in [2.05, 4.69) is 4.98 Å². The van der Waals surface area contributed by atoms with Crippen molar-refractivity contribution in [3.8, 4) is 18.2 Å². The van der Waals surface area contributed by atoms with Crippen molar-refractivity contribution >= 4 is 5.82 Å². The highest BCUT2D eigenvalue weighted by Crippen LogP contribution is 2.11. The van der Waals surface area contributed by atoms with Crippen molar-refractivity contribution in [1.29, 1.82) is 15.8 Å². The van der Waals surface area contributed by atoms with E-state index in [1.54, 1.807) is 12.1 Å². The first-order valence-corrected chi connectivity index (χ1v) is 4.17. The molecule has 0 spiro atoms. The van der Waals surface area contributed by atoms with Gasteiger partial charge in [-0.25, -0.2) is 4.98 Å². The van der Waals surface area contributed by atoms with Crippen LogP contribution in [0.15, 0.2) is 18.3 Å². The predicted octanol–water partition coefficient (Wildman–Crippen LogP) is 0.807. The van der Waals surface area contributed by atoms with Crippen LogP contribution in [0.5, 0.6) is 0 Å². The van der Waals surface area contributed by atoms with Crippen molar-refractivity contribution in [3.05, 3.63) is 23.9 Å². The Kier molecular flexibility index (Phi) is 3.65. The Hall–Kier alpha value is -2.58. The van der Waals surface area contributed by atoms with Gasteiger partial charge in [0, 0.05) is 6.20 Å². The fourth-order valence-electron chi connectivity index (χ4n) is 1.05. The van der Waals surface area contributed by atoms with Crippen molar-refractivity contribution in [1.82, 2.24) is 4.98 Å². The van der Waals surface area contributed by atoms with Crippen LogP contribution in [-0.4, -0.2) is 18.1 Å². The summed E-state index contributed by atoms with van der Waals surface area (Å²) in [6, 6.07) is 8.98. The summed E-state index contributed by atoms with van der Waals surface area (Å²) in [6.45, 7) is 0.158. The predicted molar refractivity (Wildman–Crippen MR) is 52.4 cm³/mol. The Morgan fingerprint density at radius 2 is 1.87 bits per heavy atom. The monoisotopic (exact) mass is 197 g/mol. The van der Waals surface area contributed by atoms with Crippen molar-refractivity contribution in [3.63, 3.8) is 0 Å². The fraction of sp³-hybridized carbons (Fsp3) is 0.200. The van der Waals surface area contributed by atoms with Gasteiger partial charge in [-0.1, -0.05) is 0 Å². The first-order chi connectivity index (χ1) is 7.31. The van der Waals surface area contributed by atoms with Gasteiger partial charge < -0.3 is 4.90 Å². The third-order valence-corrected chi connectivity index (χ3v) is 1.72. The first-order valence-electron chi connectivity index (χ1n) is 4.17. The zero-order valence-electron chi connectivity index (χ0n) is 7.88. The molecule has 5 nitrogen and oxygen atoms in total. The molecule has 0 aliphatic heterocycles. The number of hydrogen-bond donors (Lipinski definition) is 0. The second-order valence-electron chi connectivity index (χ2n) is 2.69. The molecule has 0 unspecified atom stereocenters. The van der Waals surface area contributed by atoms with Gasteiger partial charge in [-0.05, 0) is 12.1 Å². The topological polar surface area (TPSA) is 87.5 Å². The van der Waals surface area contributed by atoms with E-state index in [1.807, 2.05) is 18.2 Å². The van der Waals surface area contributed by atoms with Crippen LogP contribution >= 0.6 is 0 Å². The lowest BCUT2D eigenvalue weighted by Crippen LogP contribution is -2.24. The van der Waals surface area contributed by atoms with Crippen LogP contribution in [0, 0.1) is 34.0 Å². The van der Waals surface area contributed by atoms with Crippen molar-refractivity contribution < 1.29 is 0 Å². The third kappa shape index (κ3) is 2.69. The van der Waals surface area contributed by atoms with Gasteiger partial charge in [0.25, 0.3) is 0 Å². The number of pyridine rings is 1. The number of hydrogen-bond acceptors (Lipinski definition) is 5. The molecule has 0 bridgehead atoms. The van der Waals surface area contributed by atoms with Crippen LogP contribution < -0.4 is 4.90 Å². The summed E-state index contributed by atoms with van der Waals surface area (Å²) < 4.78 is 0. The van der Waals surface area contributed by atoms with Gasteiger partial charge in [-0.15, -0.1) is 0 Å². The van der Waals surface area contributed by atoms with Crippen molar-refractivity contribution in [2.24, 2.45) is 0 Å². The number of aromatic nitrogens is 1. The summed E-state index contributed by atoms with van der Waals surface area (Å²) >= 11 is 0. The summed E-state index contributed by atoms with van der Waals surface area (Å²) in [5.41, 5.74) is 0.459. The zero-order valence-corrected chi connectivity index (χ0v) is 7.88. The molecule has 0 atom stereocenters. The molecule has 1 rings (SSSR count). The minimum Gasteiger partial charge on any atom is -0.330 e. The smallest absolute Gasteiger partial charge is 0.131 e. The summed E-state index contributed by atoms with van der Waals surface area (Å²) in [6.07, 6.45) is 1.48. The van der Waals surface area contributed by atoms with E-state index in [4.69, 9.17) is 15.8 Å². The van der Waals surface area contributed by atoms with Gasteiger partial charge >= 0.3 is 0 Å². The molecule has 0 aliphatic carbocycles. The van der Waals surface area contributed by atoms with E-state index in [-0.39, 0.29) is 13.1 Å². The molecule has 5 heteroatoms. The van der Waals surface area contributed by atoms with E-state index in [1.165, 1.54) is 11.1 Å². The van der Waals surface area contributed by atoms with Crippen LogP contribution in [0.1, 0.15) is 5.56 Å². The standard InChI is InChI=1S/C10H7N5/c11-2-5-15(6-3-12)10-7-9(8-13)1-4-14-10/h1,4,7H,5-6H2. The quantitative estimate of drug-likeness (QED) is 0.669. The Bertz CT molecular complexity index is 444. The lowest BCUT2D eigenvalue weighted by atomic mass is 10.3. The van der Waals surface area contributed by atoms with Crippen LogP contribution in [0.2, 0.25) is 0 Å². The Morgan fingerprint density at radius 1 is 1.20 bits per heavy atom. The lowest BCUT2D eigenvalue weighted by Gasteiger charge is -2.16. The number of nitrogens with zero attached hydrogens (tertiary/aromatic N) is 5. The largest absolute Gasteiger partial charge is 0.330 e. The first kappa shape index (κ1) is 10.5. The molecule has 15 heavy (non-hydrogen) atoms. The van der Waals surface area contributed by atoms with E-state index in [9.17, 15) is 0 Å². The van der Waals surface area contributed by atoms with Gasteiger partial charge in [0.15, 0.2) is 0 Å². The molecule has 72 valence electrons. The normalized spacial score (nSPS) is 8.33. The second kappa shape index (κ2) is 5.21. The number of rotatable bonds is 3. The average molecular weight is 197 g/mol. The Balaban J connectivity index is 2.97. The van der Waals surface area contributed by atoms with Crippen molar-refractivity contribution in [2.75, 3.05) is 18.0 Å². The minimum absolute atomic E-state index is 0.0788. The van der Waals surface area contributed by atoms with E-state index >= 15 is 0 Å². The minimum atomic E-state index is 0.0788. The summed E-state index contributed by atoms with van der Waals surface area (Å²) in [5, 5.41) is 25.8. The van der Waals surface area contributed by atoms with Crippen LogP contribution in [0.3, 0.4) is 0 Å². The summed E-state index contributed by atoms with van der Waals surface area (Å²) in [4.78, 5) is 5.50. The average Bonchev–Trinajstić information content (AvgIpc) is 2.29. The highest BCUT2D eigenvalue weighted by molar-refractivity contribution is 5.46. The van der Waals surface area contributed by atoms with Crippen LogP contribution in [0.4, 0.5) is 5.82 Å². The maximum atomic E-state index is 8.68. The summed E-state index contributed by atoms with van der Waals surface area (Å²) in [7, 11) is 0. The molecule has 1 aromatic rings. The van der Waals surface area contributed by atoms with E-state index in [0.717, 1.165) is 0 Å². The van der Waals surface area contributed by atoms with Gasteiger partial charge in [0.2, 0.25) is 0 Å². The molecule has 0 N–H and O–H groups in total. The molecule has 0 saturated carbocycles. The highest BCUT2D eigenvalue weighted by Gasteiger charge is 2.06. The second-order valence-corrected chi connectivity index (χ2v) is 2.69. The fourth-order valence-corrected chi connectivity index (χ4v) is 1.05. The third-order valence-electron chi connectivity index (χ3n) is 1.72. The molecule has 1 aromatic heterocycles. The van der Waals surface area contributed by atoms with Gasteiger partial charge in [0.05, 0.1) is 23.8 Å². The molecule has 0 fully saturated rings. The maximum absolute atomic E-state index is 8.68. The van der Waals surface area contributed by atoms with E-state index in [0.29, 0.717) is 11.4 Å². The molecule has 0 radical (unpaired) electrons. The molecule has 0 amide bonds. The number of nitriles is 3. The van der Waals surface area contributed by atoms with Crippen molar-refractivity contribution in [2.45, 2.75) is 0 Å². The van der Waals surface area contributed by atoms with Gasteiger partial charge in [0.1, 0.15) is 18.9 Å². The molecule has 1 heterocycles. The van der Waals surface area contributed by atoms with Crippen LogP contribution in [-0.2, 0) is 0 Å². The SMILES string of the molecule is N#CCN(CC#N)c1cc(C#N)ccn1. The zero-order chi connectivity index (χ0) is 11.1. The van der Waals surface area contributed by atoms with Gasteiger partial charge in [-0.2, -0.15) is 15.8 Å². The molecular weight excluding hydrogens is 190 g/mol. The lowest BCUT2D eigenvalue weighted by molar-refractivity contribution is 0.935. The van der Waals surface area contributed by atoms with Crippen LogP contribution in [0.25, 0.3) is 0 Å².